The number of nitrogen functional groups attached to an aromatic ring is 1. The molecule has 132 valence electrons. The second-order valence-electron chi connectivity index (χ2n) is 6.32. The van der Waals surface area contributed by atoms with E-state index < -0.39 is 11.4 Å². The average molecular weight is 379 g/mol. The van der Waals surface area contributed by atoms with Gasteiger partial charge in [-0.15, -0.1) is 0 Å². The van der Waals surface area contributed by atoms with Crippen molar-refractivity contribution < 1.29 is 4.39 Å². The lowest BCUT2D eigenvalue weighted by atomic mass is 9.95. The fourth-order valence-electron chi connectivity index (χ4n) is 3.61. The van der Waals surface area contributed by atoms with Crippen LogP contribution >= 0.6 is 11.6 Å². The maximum absolute atomic E-state index is 14.1. The molecule has 0 bridgehead atoms. The van der Waals surface area contributed by atoms with Gasteiger partial charge < -0.3 is 10.7 Å². The zero-order valence-electron chi connectivity index (χ0n) is 13.8. The molecular weight excluding hydrogens is 367 g/mol. The predicted octanol–water partition coefficient (Wildman–Crippen LogP) is 4.60. The maximum atomic E-state index is 14.1. The molecule has 2 aromatic heterocycles. The molecule has 5 nitrogen and oxygen atoms in total. The first-order valence-electron chi connectivity index (χ1n) is 8.21. The van der Waals surface area contributed by atoms with Gasteiger partial charge in [-0.1, -0.05) is 41.9 Å². The van der Waals surface area contributed by atoms with Crippen molar-refractivity contribution in [1.29, 1.82) is 0 Å². The fourth-order valence-corrected chi connectivity index (χ4v) is 3.85. The number of nitrogens with two attached hydrogens (primary N) is 1. The number of rotatable bonds is 1. The molecule has 2 heterocycles. The third kappa shape index (κ3) is 2.17. The first kappa shape index (κ1) is 15.8. The molecule has 27 heavy (non-hydrogen) atoms. The Morgan fingerprint density at radius 2 is 1.78 bits per heavy atom. The van der Waals surface area contributed by atoms with Crippen molar-refractivity contribution in [2.45, 2.75) is 0 Å². The zero-order chi connectivity index (χ0) is 18.7. The van der Waals surface area contributed by atoms with Gasteiger partial charge in [0.25, 0.3) is 5.56 Å². The smallest absolute Gasteiger partial charge is 0.272 e. The van der Waals surface area contributed by atoms with Gasteiger partial charge in [-0.25, -0.2) is 4.39 Å². The minimum absolute atomic E-state index is 0.0676. The number of anilines is 1. The summed E-state index contributed by atoms with van der Waals surface area (Å²) < 4.78 is 14.1. The minimum Gasteiger partial charge on any atom is -0.394 e. The quantitative estimate of drug-likeness (QED) is 0.372. The molecule has 0 saturated heterocycles. The summed E-state index contributed by atoms with van der Waals surface area (Å²) in [7, 11) is 0. The Bertz CT molecular complexity index is 1440. The van der Waals surface area contributed by atoms with E-state index in [1.807, 2.05) is 24.3 Å². The Morgan fingerprint density at radius 3 is 2.63 bits per heavy atom. The lowest BCUT2D eigenvalue weighted by Crippen LogP contribution is -2.13. The standard InChI is InChI=1S/C20H12ClFN4O/c21-14-3-1-2-11-9(14)4-5-12-16(17(23)20(27)25-18(11)12)10-6-7-15(22)19-13(10)8-24-26-19/h1-8H,23H2,(H,24,26)(H,25,27). The number of H-pyrrole nitrogens is 2. The summed E-state index contributed by atoms with van der Waals surface area (Å²) in [5, 5.41) is 10.1. The number of aromatic amines is 2. The molecule has 5 aromatic rings. The first-order valence-corrected chi connectivity index (χ1v) is 8.58. The average Bonchev–Trinajstić information content (AvgIpc) is 3.15. The van der Waals surface area contributed by atoms with Crippen LogP contribution in [0.3, 0.4) is 0 Å². The minimum atomic E-state index is -0.420. The van der Waals surface area contributed by atoms with Gasteiger partial charge in [0.05, 0.1) is 11.7 Å². The molecule has 0 saturated carbocycles. The van der Waals surface area contributed by atoms with E-state index in [0.29, 0.717) is 27.1 Å². The largest absolute Gasteiger partial charge is 0.394 e. The number of pyridine rings is 1. The summed E-state index contributed by atoms with van der Waals surface area (Å²) in [6, 6.07) is 12.2. The van der Waals surface area contributed by atoms with Crippen molar-refractivity contribution in [2.75, 3.05) is 5.73 Å². The van der Waals surface area contributed by atoms with E-state index in [1.54, 1.807) is 12.1 Å². The summed E-state index contributed by atoms with van der Waals surface area (Å²) in [5.74, 6) is -0.420. The molecular formula is C20H12ClFN4O. The highest BCUT2D eigenvalue weighted by molar-refractivity contribution is 6.36. The molecule has 0 aliphatic carbocycles. The van der Waals surface area contributed by atoms with Crippen molar-refractivity contribution in [3.63, 3.8) is 0 Å². The lowest BCUT2D eigenvalue weighted by molar-refractivity contribution is 0.636. The van der Waals surface area contributed by atoms with Gasteiger partial charge in [0.15, 0.2) is 0 Å². The van der Waals surface area contributed by atoms with E-state index in [9.17, 15) is 9.18 Å². The van der Waals surface area contributed by atoms with Crippen LogP contribution in [0.4, 0.5) is 10.1 Å². The normalized spacial score (nSPS) is 11.6. The van der Waals surface area contributed by atoms with Crippen LogP contribution in [0, 0.1) is 5.82 Å². The van der Waals surface area contributed by atoms with Gasteiger partial charge in [-0.2, -0.15) is 5.10 Å². The number of benzene rings is 3. The third-order valence-electron chi connectivity index (χ3n) is 4.86. The molecule has 0 fully saturated rings. The van der Waals surface area contributed by atoms with Crippen LogP contribution in [0.15, 0.2) is 53.5 Å². The van der Waals surface area contributed by atoms with Crippen molar-refractivity contribution in [2.24, 2.45) is 0 Å². The van der Waals surface area contributed by atoms with E-state index in [-0.39, 0.29) is 11.2 Å². The molecule has 0 atom stereocenters. The Balaban J connectivity index is 2.00. The molecule has 7 heteroatoms. The molecule has 0 aliphatic rings. The summed E-state index contributed by atoms with van der Waals surface area (Å²) in [6.45, 7) is 0. The lowest BCUT2D eigenvalue weighted by Gasteiger charge is -2.13. The number of hydrogen-bond donors (Lipinski definition) is 3. The van der Waals surface area contributed by atoms with E-state index in [2.05, 4.69) is 15.2 Å². The monoisotopic (exact) mass is 378 g/mol. The maximum Gasteiger partial charge on any atom is 0.272 e. The van der Waals surface area contributed by atoms with Crippen LogP contribution in [0.25, 0.3) is 43.7 Å². The van der Waals surface area contributed by atoms with Crippen LogP contribution in [-0.4, -0.2) is 15.2 Å². The molecule has 0 unspecified atom stereocenters. The van der Waals surface area contributed by atoms with Gasteiger partial charge in [-0.05, 0) is 17.7 Å². The molecule has 5 rings (SSSR count). The first-order chi connectivity index (χ1) is 13.1. The van der Waals surface area contributed by atoms with Crippen molar-refractivity contribution in [3.05, 3.63) is 69.9 Å². The topological polar surface area (TPSA) is 87.6 Å². The second-order valence-corrected chi connectivity index (χ2v) is 6.73. The summed E-state index contributed by atoms with van der Waals surface area (Å²) in [5.41, 5.74) is 7.89. The van der Waals surface area contributed by atoms with Crippen LogP contribution in [-0.2, 0) is 0 Å². The second kappa shape index (κ2) is 5.56. The van der Waals surface area contributed by atoms with Crippen LogP contribution in [0.2, 0.25) is 5.02 Å². The number of halogens is 2. The molecule has 0 aliphatic heterocycles. The Labute approximate surface area is 156 Å². The summed E-state index contributed by atoms with van der Waals surface area (Å²) in [4.78, 5) is 15.4. The summed E-state index contributed by atoms with van der Waals surface area (Å²) in [6.07, 6.45) is 1.53. The van der Waals surface area contributed by atoms with E-state index >= 15 is 0 Å². The molecule has 0 spiro atoms. The van der Waals surface area contributed by atoms with Gasteiger partial charge in [0.1, 0.15) is 17.0 Å². The fraction of sp³-hybridized carbons (Fsp3) is 0. The highest BCUT2D eigenvalue weighted by atomic mass is 35.5. The van der Waals surface area contributed by atoms with E-state index in [0.717, 1.165) is 16.2 Å². The van der Waals surface area contributed by atoms with Crippen molar-refractivity contribution >= 4 is 49.9 Å². The Kier molecular flexibility index (Phi) is 3.26. The Morgan fingerprint density at radius 1 is 0.963 bits per heavy atom. The zero-order valence-corrected chi connectivity index (χ0v) is 14.6. The molecule has 4 N–H and O–H groups in total. The third-order valence-corrected chi connectivity index (χ3v) is 5.19. The number of nitrogens with zero attached hydrogens (tertiary/aromatic N) is 1. The van der Waals surface area contributed by atoms with Crippen LogP contribution in [0.5, 0.6) is 0 Å². The van der Waals surface area contributed by atoms with E-state index in [1.165, 1.54) is 12.3 Å². The van der Waals surface area contributed by atoms with Crippen LogP contribution < -0.4 is 11.3 Å². The van der Waals surface area contributed by atoms with Gasteiger partial charge in [-0.3, -0.25) is 9.89 Å². The SMILES string of the molecule is Nc1c(-c2ccc(F)c3[nH]ncc23)c2ccc3c(Cl)cccc3c2[nH]c1=O. The van der Waals surface area contributed by atoms with E-state index in [4.69, 9.17) is 17.3 Å². The number of nitrogens with one attached hydrogen (secondary N) is 2. The molecule has 3 aromatic carbocycles. The van der Waals surface area contributed by atoms with Gasteiger partial charge in [0, 0.05) is 32.1 Å². The molecule has 0 radical (unpaired) electrons. The summed E-state index contributed by atoms with van der Waals surface area (Å²) >= 11 is 6.30. The molecule has 0 amide bonds. The number of hydrogen-bond acceptors (Lipinski definition) is 3. The van der Waals surface area contributed by atoms with Gasteiger partial charge >= 0.3 is 0 Å². The highest BCUT2D eigenvalue weighted by Crippen LogP contribution is 2.38. The number of aromatic nitrogens is 3. The highest BCUT2D eigenvalue weighted by Gasteiger charge is 2.18. The number of fused-ring (bicyclic) bond motifs is 4. The Hall–Kier alpha value is -3.38. The van der Waals surface area contributed by atoms with Crippen molar-refractivity contribution in [1.82, 2.24) is 15.2 Å². The van der Waals surface area contributed by atoms with Crippen LogP contribution in [0.1, 0.15) is 0 Å². The predicted molar refractivity (Wildman–Crippen MR) is 107 cm³/mol. The van der Waals surface area contributed by atoms with Crippen molar-refractivity contribution in [3.8, 4) is 11.1 Å². The van der Waals surface area contributed by atoms with Gasteiger partial charge in [0.2, 0.25) is 0 Å².